The third-order valence-corrected chi connectivity index (χ3v) is 1.06. The second-order valence-corrected chi connectivity index (χ2v) is 2.42. The zero-order valence-corrected chi connectivity index (χ0v) is 10.2. The molecule has 0 amide bonds. The molecule has 0 aromatic heterocycles. The maximum absolute atomic E-state index is 8.52. The quantitative estimate of drug-likeness (QED) is 0.302. The molecule has 12 heavy (non-hydrogen) atoms. The molecule has 0 aromatic carbocycles. The normalized spacial score (nSPS) is 11.6. The van der Waals surface area contributed by atoms with E-state index in [-0.39, 0.29) is 43.2 Å². The van der Waals surface area contributed by atoms with Crippen LogP contribution in [0.1, 0.15) is 0 Å². The summed E-state index contributed by atoms with van der Waals surface area (Å²) in [5, 5.41) is 1.99. The summed E-state index contributed by atoms with van der Waals surface area (Å²) >= 11 is 1.58. The fraction of sp³-hybridized carbons (Fsp3) is 0. The van der Waals surface area contributed by atoms with Crippen molar-refractivity contribution in [2.75, 3.05) is 0 Å². The van der Waals surface area contributed by atoms with Gasteiger partial charge in [0.2, 0.25) is 0 Å². The van der Waals surface area contributed by atoms with E-state index in [1.165, 1.54) is 0 Å². The number of hydrogen-bond donors (Lipinski definition) is 1. The van der Waals surface area contributed by atoms with Crippen LogP contribution in [-0.2, 0) is 4.57 Å². The zero-order valence-electron chi connectivity index (χ0n) is 6.15. The van der Waals surface area contributed by atoms with Crippen molar-refractivity contribution in [3.05, 3.63) is 23.8 Å². The van der Waals surface area contributed by atoms with E-state index < -0.39 is 8.25 Å². The van der Waals surface area contributed by atoms with Gasteiger partial charge in [-0.3, -0.25) is 0 Å². The average molecular weight is 237 g/mol. The van der Waals surface area contributed by atoms with Crippen LogP contribution < -0.4 is 14.5 Å². The predicted octanol–water partition coefficient (Wildman–Crippen LogP) is -1.84. The second-order valence-electron chi connectivity index (χ2n) is 1.17. The van der Waals surface area contributed by atoms with Gasteiger partial charge < -0.3 is 24.6 Å². The fourth-order valence-electron chi connectivity index (χ4n) is 0.258. The molecule has 8 heteroatoms. The molecule has 1 aliphatic heterocycles. The Bertz CT molecular complexity index is 149. The van der Waals surface area contributed by atoms with Crippen LogP contribution >= 0.6 is 20.2 Å². The van der Waals surface area contributed by atoms with Crippen LogP contribution in [0.2, 0.25) is 0 Å². The van der Waals surface area contributed by atoms with Gasteiger partial charge in [0.05, 0.1) is 0 Å². The summed E-state index contributed by atoms with van der Waals surface area (Å²) in [7, 11) is -3.63. The van der Waals surface area contributed by atoms with E-state index in [0.29, 0.717) is 0 Å². The number of nitrogens with one attached hydrogen (secondary N) is 1. The molecule has 0 unspecified atom stereocenters. The van der Waals surface area contributed by atoms with Gasteiger partial charge in [0.25, 0.3) is 0 Å². The van der Waals surface area contributed by atoms with Crippen LogP contribution in [0.25, 0.3) is 0 Å². The molecule has 0 saturated carbocycles. The molecule has 5 nitrogen and oxygen atoms in total. The largest absolute Gasteiger partial charge is 2.00 e. The first-order chi connectivity index (χ1) is 4.73. The summed E-state index contributed by atoms with van der Waals surface area (Å²) in [5.74, 6) is 0. The van der Waals surface area contributed by atoms with E-state index in [2.05, 4.69) is 4.72 Å². The van der Waals surface area contributed by atoms with Crippen molar-refractivity contribution in [1.29, 1.82) is 0 Å². The Labute approximate surface area is 105 Å². The van der Waals surface area contributed by atoms with Gasteiger partial charge in [0, 0.05) is 6.20 Å². The maximum Gasteiger partial charge on any atom is 2.00 e. The van der Waals surface area contributed by atoms with E-state index in [1.54, 1.807) is 11.9 Å². The SMILES string of the molecule is C1=CNSC=C1.O.O=[PH]([O-])[O-].[Ca+2]. The molecular weight excluding hydrogens is 229 g/mol. The van der Waals surface area contributed by atoms with Crippen LogP contribution in [0.15, 0.2) is 23.8 Å². The average Bonchev–Trinajstić information content (AvgIpc) is 1.90. The molecule has 3 N–H and O–H groups in total. The number of hydrogen-bond acceptors (Lipinski definition) is 5. The molecule has 0 atom stereocenters. The molecule has 0 aromatic rings. The van der Waals surface area contributed by atoms with Crippen molar-refractivity contribution in [3.63, 3.8) is 0 Å². The first kappa shape index (κ1) is 18.7. The van der Waals surface area contributed by atoms with Gasteiger partial charge in [0.15, 0.2) is 0 Å². The third kappa shape index (κ3) is 22.4. The van der Waals surface area contributed by atoms with E-state index in [0.717, 1.165) is 0 Å². The second kappa shape index (κ2) is 14.5. The topological polar surface area (TPSA) is 107 Å². The summed E-state index contributed by atoms with van der Waals surface area (Å²) in [6.45, 7) is 0. The van der Waals surface area contributed by atoms with Crippen LogP contribution in [0.5, 0.6) is 0 Å². The Morgan fingerprint density at radius 1 is 1.33 bits per heavy atom. The van der Waals surface area contributed by atoms with E-state index in [4.69, 9.17) is 14.4 Å². The fourth-order valence-corrected chi connectivity index (χ4v) is 0.663. The monoisotopic (exact) mass is 237 g/mol. The van der Waals surface area contributed by atoms with Gasteiger partial charge in [-0.2, -0.15) is 0 Å². The van der Waals surface area contributed by atoms with Crippen LogP contribution in [0.4, 0.5) is 0 Å². The van der Waals surface area contributed by atoms with Gasteiger partial charge >= 0.3 is 37.7 Å². The Hall–Kier alpha value is 1.000. The Morgan fingerprint density at radius 2 is 1.83 bits per heavy atom. The van der Waals surface area contributed by atoms with Crippen molar-refractivity contribution in [2.45, 2.75) is 0 Å². The summed E-state index contributed by atoms with van der Waals surface area (Å²) < 4.78 is 11.5. The summed E-state index contributed by atoms with van der Waals surface area (Å²) in [6, 6.07) is 0. The van der Waals surface area contributed by atoms with Crippen molar-refractivity contribution in [3.8, 4) is 0 Å². The number of allylic oxidation sites excluding steroid dienone is 2. The molecule has 66 valence electrons. The minimum atomic E-state index is -3.63. The summed E-state index contributed by atoms with van der Waals surface area (Å²) in [6.07, 6.45) is 5.84. The predicted molar refractivity (Wildman–Crippen MR) is 47.4 cm³/mol. The summed E-state index contributed by atoms with van der Waals surface area (Å²) in [5.41, 5.74) is 0. The van der Waals surface area contributed by atoms with Crippen LogP contribution in [0, 0.1) is 0 Å². The van der Waals surface area contributed by atoms with Crippen molar-refractivity contribution in [2.24, 2.45) is 0 Å². The standard InChI is InChI=1S/C4H5NS.Ca.H3O3P.H2O/c1-2-4-6-5-3-1;;1-4(2)3;/h1-5H;;4H,(H2,1,2,3);1H2/q;+2;;/p-2. The Balaban J connectivity index is -0.000000124. The van der Waals surface area contributed by atoms with Crippen LogP contribution in [0.3, 0.4) is 0 Å². The van der Waals surface area contributed by atoms with Crippen molar-refractivity contribution >= 4 is 57.9 Å². The minimum Gasteiger partial charge on any atom is -0.813 e. The molecule has 1 heterocycles. The van der Waals surface area contributed by atoms with E-state index in [1.807, 2.05) is 23.8 Å². The molecule has 0 saturated heterocycles. The molecule has 0 fully saturated rings. The van der Waals surface area contributed by atoms with Gasteiger partial charge in [-0.25, -0.2) is 0 Å². The van der Waals surface area contributed by atoms with Crippen molar-refractivity contribution < 1.29 is 19.8 Å². The van der Waals surface area contributed by atoms with Crippen LogP contribution in [-0.4, -0.2) is 43.2 Å². The maximum atomic E-state index is 8.52. The van der Waals surface area contributed by atoms with Gasteiger partial charge in [0.1, 0.15) is 0 Å². The molecule has 0 spiro atoms. The summed E-state index contributed by atoms with van der Waals surface area (Å²) in [4.78, 5) is 17.0. The molecule has 0 bridgehead atoms. The number of rotatable bonds is 0. The molecule has 1 rings (SSSR count). The molecule has 1 aliphatic rings. The molecular formula is C4H8CaNO4PS. The van der Waals surface area contributed by atoms with Crippen molar-refractivity contribution in [1.82, 2.24) is 4.72 Å². The first-order valence-corrected chi connectivity index (χ1v) is 4.45. The van der Waals surface area contributed by atoms with E-state index >= 15 is 0 Å². The molecule has 0 aliphatic carbocycles. The smallest absolute Gasteiger partial charge is 0.813 e. The van der Waals surface area contributed by atoms with Gasteiger partial charge in [-0.05, 0) is 23.4 Å². The Morgan fingerprint density at radius 3 is 1.92 bits per heavy atom. The zero-order chi connectivity index (χ0) is 7.82. The van der Waals surface area contributed by atoms with Gasteiger partial charge in [-0.15, -0.1) is 0 Å². The minimum absolute atomic E-state index is 0. The van der Waals surface area contributed by atoms with Gasteiger partial charge in [-0.1, -0.05) is 14.3 Å². The van der Waals surface area contributed by atoms with E-state index in [9.17, 15) is 0 Å². The molecule has 0 radical (unpaired) electrons. The first-order valence-electron chi connectivity index (χ1n) is 2.34. The third-order valence-electron chi connectivity index (χ3n) is 0.490. The Kier molecular flexibility index (Phi) is 22.7.